The summed E-state index contributed by atoms with van der Waals surface area (Å²) in [6.45, 7) is 2.65. The van der Waals surface area contributed by atoms with Crippen LogP contribution in [0.5, 0.6) is 0 Å². The van der Waals surface area contributed by atoms with Gasteiger partial charge in [0.05, 0.1) is 6.54 Å². The van der Waals surface area contributed by atoms with E-state index in [0.29, 0.717) is 11.5 Å². The van der Waals surface area contributed by atoms with Crippen molar-refractivity contribution in [3.63, 3.8) is 0 Å². The van der Waals surface area contributed by atoms with Gasteiger partial charge >= 0.3 is 0 Å². The van der Waals surface area contributed by atoms with Gasteiger partial charge in [-0.25, -0.2) is 9.97 Å². The third-order valence-corrected chi connectivity index (χ3v) is 4.51. The average molecular weight is 293 g/mol. The summed E-state index contributed by atoms with van der Waals surface area (Å²) >= 11 is 3.01. The van der Waals surface area contributed by atoms with Crippen LogP contribution in [0.2, 0.25) is 0 Å². The molecule has 0 unspecified atom stereocenters. The highest BCUT2D eigenvalue weighted by molar-refractivity contribution is 7.20. The molecule has 6 nitrogen and oxygen atoms in total. The highest BCUT2D eigenvalue weighted by Crippen LogP contribution is 2.22. The molecule has 19 heavy (non-hydrogen) atoms. The SMILES string of the molecule is Cc1csc(CN(C)c2nn3c(=O)ccnc3s2)n1. The molecular weight excluding hydrogens is 282 g/mol. The molecule has 0 aromatic carbocycles. The normalized spacial score (nSPS) is 11.1. The molecular formula is C11H11N5OS2. The third kappa shape index (κ3) is 2.36. The Morgan fingerprint density at radius 2 is 2.32 bits per heavy atom. The number of thiazole rings is 1. The number of anilines is 1. The zero-order chi connectivity index (χ0) is 13.4. The molecule has 0 saturated heterocycles. The fourth-order valence-electron chi connectivity index (χ4n) is 1.63. The minimum atomic E-state index is -0.161. The molecule has 3 rings (SSSR count). The standard InChI is InChI=1S/C11H11N5OS2/c1-7-6-18-8(13-7)5-15(2)11-14-16-9(17)3-4-12-10(16)19-11/h3-4,6H,5H2,1-2H3. The lowest BCUT2D eigenvalue weighted by atomic mass is 10.5. The number of fused-ring (bicyclic) bond motifs is 1. The van der Waals surface area contributed by atoms with Crippen LogP contribution >= 0.6 is 22.7 Å². The van der Waals surface area contributed by atoms with Crippen LogP contribution in [0.3, 0.4) is 0 Å². The molecule has 3 aromatic rings. The summed E-state index contributed by atoms with van der Waals surface area (Å²) in [4.78, 5) is 22.7. The maximum absolute atomic E-state index is 11.6. The summed E-state index contributed by atoms with van der Waals surface area (Å²) in [5, 5.41) is 8.08. The van der Waals surface area contributed by atoms with Crippen molar-refractivity contribution in [2.24, 2.45) is 0 Å². The summed E-state index contributed by atoms with van der Waals surface area (Å²) < 4.78 is 1.32. The van der Waals surface area contributed by atoms with Crippen molar-refractivity contribution in [2.45, 2.75) is 13.5 Å². The Hall–Kier alpha value is -1.80. The number of hydrogen-bond donors (Lipinski definition) is 0. The minimum Gasteiger partial charge on any atom is -0.343 e. The Morgan fingerprint density at radius 3 is 3.00 bits per heavy atom. The van der Waals surface area contributed by atoms with E-state index >= 15 is 0 Å². The molecule has 0 amide bonds. The summed E-state index contributed by atoms with van der Waals surface area (Å²) in [5.41, 5.74) is 0.863. The Kier molecular flexibility index (Phi) is 3.03. The molecule has 0 aliphatic rings. The fraction of sp³-hybridized carbons (Fsp3) is 0.273. The Labute approximate surface area is 117 Å². The van der Waals surface area contributed by atoms with Gasteiger partial charge in [0, 0.05) is 30.4 Å². The third-order valence-electron chi connectivity index (χ3n) is 2.53. The molecule has 0 spiro atoms. The largest absolute Gasteiger partial charge is 0.343 e. The van der Waals surface area contributed by atoms with Gasteiger partial charge in [-0.15, -0.1) is 16.4 Å². The van der Waals surface area contributed by atoms with Crippen LogP contribution in [-0.2, 0) is 6.54 Å². The van der Waals surface area contributed by atoms with Crippen LogP contribution in [0.1, 0.15) is 10.7 Å². The molecule has 3 aromatic heterocycles. The second-order valence-electron chi connectivity index (χ2n) is 4.10. The summed E-state index contributed by atoms with van der Waals surface area (Å²) in [7, 11) is 1.93. The quantitative estimate of drug-likeness (QED) is 0.733. The van der Waals surface area contributed by atoms with Crippen LogP contribution in [0.4, 0.5) is 5.13 Å². The fourth-order valence-corrected chi connectivity index (χ4v) is 3.29. The molecule has 8 heteroatoms. The number of hydrogen-bond acceptors (Lipinski definition) is 7. The van der Waals surface area contributed by atoms with E-state index in [1.165, 1.54) is 28.1 Å². The van der Waals surface area contributed by atoms with Gasteiger partial charge in [0.2, 0.25) is 10.1 Å². The lowest BCUT2D eigenvalue weighted by Gasteiger charge is -2.12. The molecule has 0 saturated carbocycles. The van der Waals surface area contributed by atoms with Gasteiger partial charge in [-0.1, -0.05) is 11.3 Å². The highest BCUT2D eigenvalue weighted by atomic mass is 32.1. The Bertz CT molecular complexity index is 775. The summed E-state index contributed by atoms with van der Waals surface area (Å²) in [5.74, 6) is 0. The van der Waals surface area contributed by atoms with Crippen LogP contribution in [0.15, 0.2) is 22.4 Å². The molecule has 98 valence electrons. The van der Waals surface area contributed by atoms with Crippen molar-refractivity contribution in [1.82, 2.24) is 19.6 Å². The molecule has 0 radical (unpaired) electrons. The van der Waals surface area contributed by atoms with E-state index < -0.39 is 0 Å². The van der Waals surface area contributed by atoms with Gasteiger partial charge in [-0.05, 0) is 6.92 Å². The van der Waals surface area contributed by atoms with Crippen molar-refractivity contribution in [3.05, 3.63) is 38.7 Å². The number of rotatable bonds is 3. The molecule has 0 N–H and O–H groups in total. The van der Waals surface area contributed by atoms with E-state index in [9.17, 15) is 4.79 Å². The first-order valence-corrected chi connectivity index (χ1v) is 7.30. The summed E-state index contributed by atoms with van der Waals surface area (Å²) in [6.07, 6.45) is 1.50. The monoisotopic (exact) mass is 293 g/mol. The van der Waals surface area contributed by atoms with Crippen LogP contribution in [0, 0.1) is 6.92 Å². The van der Waals surface area contributed by atoms with E-state index in [0.717, 1.165) is 15.8 Å². The van der Waals surface area contributed by atoms with Gasteiger partial charge in [-0.3, -0.25) is 4.79 Å². The van der Waals surface area contributed by atoms with Crippen LogP contribution in [0.25, 0.3) is 4.96 Å². The maximum atomic E-state index is 11.6. The van der Waals surface area contributed by atoms with Gasteiger partial charge in [-0.2, -0.15) is 4.52 Å². The first-order chi connectivity index (χ1) is 9.13. The lowest BCUT2D eigenvalue weighted by molar-refractivity contribution is 0.839. The average Bonchev–Trinajstić information content (AvgIpc) is 2.96. The molecule has 0 bridgehead atoms. The number of aryl methyl sites for hydroxylation is 1. The Morgan fingerprint density at radius 1 is 1.47 bits per heavy atom. The number of aromatic nitrogens is 4. The summed E-state index contributed by atoms with van der Waals surface area (Å²) in [6, 6.07) is 1.40. The van der Waals surface area contributed by atoms with Crippen molar-refractivity contribution in [2.75, 3.05) is 11.9 Å². The second kappa shape index (κ2) is 4.71. The zero-order valence-corrected chi connectivity index (χ0v) is 12.0. The van der Waals surface area contributed by atoms with Gasteiger partial charge in [0.1, 0.15) is 5.01 Å². The van der Waals surface area contributed by atoms with Gasteiger partial charge < -0.3 is 4.90 Å². The smallest absolute Gasteiger partial charge is 0.275 e. The second-order valence-corrected chi connectivity index (χ2v) is 5.98. The molecule has 3 heterocycles. The van der Waals surface area contributed by atoms with Crippen molar-refractivity contribution >= 4 is 32.8 Å². The van der Waals surface area contributed by atoms with Crippen molar-refractivity contribution in [1.29, 1.82) is 0 Å². The Balaban J connectivity index is 1.91. The van der Waals surface area contributed by atoms with Crippen molar-refractivity contribution in [3.8, 4) is 0 Å². The van der Waals surface area contributed by atoms with Gasteiger partial charge in [0.15, 0.2) is 0 Å². The molecule has 0 atom stereocenters. The van der Waals surface area contributed by atoms with Crippen molar-refractivity contribution < 1.29 is 0 Å². The van der Waals surface area contributed by atoms with Crippen LogP contribution < -0.4 is 10.5 Å². The van der Waals surface area contributed by atoms with E-state index in [2.05, 4.69) is 15.1 Å². The molecule has 0 fully saturated rings. The minimum absolute atomic E-state index is 0.161. The molecule has 0 aliphatic carbocycles. The molecule has 0 aliphatic heterocycles. The topological polar surface area (TPSA) is 63.4 Å². The maximum Gasteiger partial charge on any atom is 0.275 e. The van der Waals surface area contributed by atoms with E-state index in [-0.39, 0.29) is 5.56 Å². The predicted molar refractivity (Wildman–Crippen MR) is 76.1 cm³/mol. The number of nitrogens with zero attached hydrogens (tertiary/aromatic N) is 5. The first-order valence-electron chi connectivity index (χ1n) is 5.60. The zero-order valence-electron chi connectivity index (χ0n) is 10.4. The van der Waals surface area contributed by atoms with E-state index in [1.807, 2.05) is 24.3 Å². The predicted octanol–water partition coefficient (Wildman–Crippen LogP) is 1.55. The van der Waals surface area contributed by atoms with E-state index in [4.69, 9.17) is 0 Å². The van der Waals surface area contributed by atoms with E-state index in [1.54, 1.807) is 11.3 Å². The van der Waals surface area contributed by atoms with Gasteiger partial charge in [0.25, 0.3) is 5.56 Å². The lowest BCUT2D eigenvalue weighted by Crippen LogP contribution is -2.18. The first kappa shape index (κ1) is 12.2. The van der Waals surface area contributed by atoms with Crippen LogP contribution in [-0.4, -0.2) is 26.6 Å². The highest BCUT2D eigenvalue weighted by Gasteiger charge is 2.12.